The largest absolute Gasteiger partial charge is 0.303 e. The molecule has 0 bridgehead atoms. The van der Waals surface area contributed by atoms with Gasteiger partial charge in [0.1, 0.15) is 5.82 Å². The first-order valence-electron chi connectivity index (χ1n) is 6.19. The van der Waals surface area contributed by atoms with Gasteiger partial charge >= 0.3 is 0 Å². The summed E-state index contributed by atoms with van der Waals surface area (Å²) in [6.07, 6.45) is 3.01. The third-order valence-electron chi connectivity index (χ3n) is 2.87. The van der Waals surface area contributed by atoms with E-state index in [1.807, 2.05) is 6.07 Å². The van der Waals surface area contributed by atoms with Gasteiger partial charge in [-0.25, -0.2) is 4.39 Å². The lowest BCUT2D eigenvalue weighted by atomic mass is 10.2. The monoisotopic (exact) mass is 273 g/mol. The number of rotatable bonds is 4. The summed E-state index contributed by atoms with van der Waals surface area (Å²) < 4.78 is 15.2. The predicted molar refractivity (Wildman–Crippen MR) is 75.7 cm³/mol. The summed E-state index contributed by atoms with van der Waals surface area (Å²) in [5.74, 6) is -0.663. The fourth-order valence-corrected chi connectivity index (χ4v) is 1.99. The molecular weight excluding hydrogens is 257 g/mol. The van der Waals surface area contributed by atoms with Crippen molar-refractivity contribution in [1.29, 1.82) is 0 Å². The maximum Gasteiger partial charge on any atom is 0.250 e. The predicted octanol–water partition coefficient (Wildman–Crippen LogP) is 2.59. The summed E-state index contributed by atoms with van der Waals surface area (Å²) in [5, 5.41) is 4.23. The number of hydrogen-bond donors (Lipinski definition) is 0. The Hall–Kier alpha value is -2.43. The van der Waals surface area contributed by atoms with E-state index in [2.05, 4.69) is 11.7 Å². The Balaban J connectivity index is 2.36. The number of carbonyl (C=O) groups is 1. The Labute approximate surface area is 117 Å². The van der Waals surface area contributed by atoms with Crippen LogP contribution in [0.1, 0.15) is 11.3 Å². The molecule has 0 aliphatic heterocycles. The van der Waals surface area contributed by atoms with Crippen molar-refractivity contribution in [2.45, 2.75) is 13.5 Å². The molecule has 104 valence electrons. The van der Waals surface area contributed by atoms with Crippen molar-refractivity contribution in [3.05, 3.63) is 60.2 Å². The molecule has 1 heterocycles. The Morgan fingerprint density at radius 1 is 1.50 bits per heavy atom. The molecule has 0 aliphatic carbocycles. The van der Waals surface area contributed by atoms with E-state index < -0.39 is 0 Å². The lowest BCUT2D eigenvalue weighted by Gasteiger charge is -2.21. The molecule has 0 spiro atoms. The van der Waals surface area contributed by atoms with Gasteiger partial charge in [0.25, 0.3) is 5.91 Å². The second-order valence-corrected chi connectivity index (χ2v) is 4.60. The molecule has 20 heavy (non-hydrogen) atoms. The standard InChI is InChI=1S/C15H16FN3O/c1-4-15(20)19(10-13-5-6-18(3)17-13)14-8-11(2)7-12(16)9-14/h4-9H,1,10H2,2-3H3. The molecule has 0 N–H and O–H groups in total. The third-order valence-corrected chi connectivity index (χ3v) is 2.87. The molecule has 1 amide bonds. The molecule has 2 rings (SSSR count). The fourth-order valence-electron chi connectivity index (χ4n) is 1.99. The van der Waals surface area contributed by atoms with Crippen molar-refractivity contribution < 1.29 is 9.18 Å². The van der Waals surface area contributed by atoms with Gasteiger partial charge in [-0.1, -0.05) is 6.58 Å². The fraction of sp³-hybridized carbons (Fsp3) is 0.200. The molecular formula is C15H16FN3O. The van der Waals surface area contributed by atoms with Crippen LogP contribution < -0.4 is 4.90 Å². The van der Waals surface area contributed by atoms with Crippen LogP contribution in [0.25, 0.3) is 0 Å². The number of aryl methyl sites for hydroxylation is 2. The van der Waals surface area contributed by atoms with Gasteiger partial charge in [0.2, 0.25) is 0 Å². The van der Waals surface area contributed by atoms with Crippen molar-refractivity contribution in [2.75, 3.05) is 4.90 Å². The number of carbonyl (C=O) groups excluding carboxylic acids is 1. The van der Waals surface area contributed by atoms with Crippen LogP contribution in [-0.4, -0.2) is 15.7 Å². The number of halogens is 1. The molecule has 0 aliphatic rings. The van der Waals surface area contributed by atoms with E-state index in [0.717, 1.165) is 11.3 Å². The normalized spacial score (nSPS) is 10.3. The highest BCUT2D eigenvalue weighted by Crippen LogP contribution is 2.20. The first kappa shape index (κ1) is 14.0. The molecule has 1 aromatic carbocycles. The van der Waals surface area contributed by atoms with E-state index in [1.165, 1.54) is 23.1 Å². The lowest BCUT2D eigenvalue weighted by Crippen LogP contribution is -2.29. The SMILES string of the molecule is C=CC(=O)N(Cc1ccn(C)n1)c1cc(C)cc(F)c1. The van der Waals surface area contributed by atoms with Gasteiger partial charge in [-0.05, 0) is 42.8 Å². The number of aromatic nitrogens is 2. The first-order chi connectivity index (χ1) is 9.49. The molecule has 5 heteroatoms. The van der Waals surface area contributed by atoms with Crippen molar-refractivity contribution in [1.82, 2.24) is 9.78 Å². The minimum absolute atomic E-state index is 0.272. The number of benzene rings is 1. The van der Waals surface area contributed by atoms with Crippen molar-refractivity contribution in [2.24, 2.45) is 7.05 Å². The second kappa shape index (κ2) is 5.69. The van der Waals surface area contributed by atoms with E-state index in [-0.39, 0.29) is 18.3 Å². The van der Waals surface area contributed by atoms with Gasteiger partial charge in [0, 0.05) is 18.9 Å². The number of nitrogens with zero attached hydrogens (tertiary/aromatic N) is 3. The zero-order valence-electron chi connectivity index (χ0n) is 11.5. The average molecular weight is 273 g/mol. The van der Waals surface area contributed by atoms with Gasteiger partial charge in [-0.15, -0.1) is 0 Å². The molecule has 0 radical (unpaired) electrons. The highest BCUT2D eigenvalue weighted by Gasteiger charge is 2.16. The Morgan fingerprint density at radius 3 is 2.80 bits per heavy atom. The maximum atomic E-state index is 13.5. The Morgan fingerprint density at radius 2 is 2.25 bits per heavy atom. The van der Waals surface area contributed by atoms with Crippen LogP contribution in [-0.2, 0) is 18.4 Å². The summed E-state index contributed by atoms with van der Waals surface area (Å²) in [6, 6.07) is 6.32. The van der Waals surface area contributed by atoms with Crippen molar-refractivity contribution in [3.8, 4) is 0 Å². The topological polar surface area (TPSA) is 38.1 Å². The van der Waals surface area contributed by atoms with Crippen molar-refractivity contribution in [3.63, 3.8) is 0 Å². The summed E-state index contributed by atoms with van der Waals surface area (Å²) in [4.78, 5) is 13.4. The van der Waals surface area contributed by atoms with Crippen LogP contribution >= 0.6 is 0 Å². The quantitative estimate of drug-likeness (QED) is 0.803. The second-order valence-electron chi connectivity index (χ2n) is 4.60. The van der Waals surface area contributed by atoms with Gasteiger partial charge in [-0.3, -0.25) is 9.48 Å². The zero-order valence-corrected chi connectivity index (χ0v) is 11.5. The maximum absolute atomic E-state index is 13.5. The van der Waals surface area contributed by atoms with E-state index in [1.54, 1.807) is 30.9 Å². The average Bonchev–Trinajstić information content (AvgIpc) is 2.79. The van der Waals surface area contributed by atoms with E-state index >= 15 is 0 Å². The molecule has 0 atom stereocenters. The highest BCUT2D eigenvalue weighted by atomic mass is 19.1. The van der Waals surface area contributed by atoms with Crippen LogP contribution in [0.15, 0.2) is 43.1 Å². The molecule has 1 aromatic heterocycles. The van der Waals surface area contributed by atoms with Crippen LogP contribution in [0.3, 0.4) is 0 Å². The molecule has 0 fully saturated rings. The minimum Gasteiger partial charge on any atom is -0.303 e. The van der Waals surface area contributed by atoms with E-state index in [0.29, 0.717) is 5.69 Å². The van der Waals surface area contributed by atoms with Crippen LogP contribution in [0.4, 0.5) is 10.1 Å². The first-order valence-corrected chi connectivity index (χ1v) is 6.19. The lowest BCUT2D eigenvalue weighted by molar-refractivity contribution is -0.114. The molecule has 0 saturated heterocycles. The third kappa shape index (κ3) is 3.12. The molecule has 0 saturated carbocycles. The number of amides is 1. The number of anilines is 1. The van der Waals surface area contributed by atoms with Crippen LogP contribution in [0.2, 0.25) is 0 Å². The smallest absolute Gasteiger partial charge is 0.250 e. The van der Waals surface area contributed by atoms with E-state index in [4.69, 9.17) is 0 Å². The van der Waals surface area contributed by atoms with Gasteiger partial charge in [-0.2, -0.15) is 5.10 Å². The zero-order chi connectivity index (χ0) is 14.7. The summed E-state index contributed by atoms with van der Waals surface area (Å²) >= 11 is 0. The summed E-state index contributed by atoms with van der Waals surface area (Å²) in [5.41, 5.74) is 1.98. The highest BCUT2D eigenvalue weighted by molar-refractivity contribution is 6.00. The number of hydrogen-bond acceptors (Lipinski definition) is 2. The Bertz CT molecular complexity index is 628. The van der Waals surface area contributed by atoms with Crippen molar-refractivity contribution >= 4 is 11.6 Å². The van der Waals surface area contributed by atoms with E-state index in [9.17, 15) is 9.18 Å². The van der Waals surface area contributed by atoms with Crippen LogP contribution in [0, 0.1) is 12.7 Å². The van der Waals surface area contributed by atoms with Crippen LogP contribution in [0.5, 0.6) is 0 Å². The Kier molecular flexibility index (Phi) is 3.98. The summed E-state index contributed by atoms with van der Waals surface area (Å²) in [7, 11) is 1.80. The summed E-state index contributed by atoms with van der Waals surface area (Å²) in [6.45, 7) is 5.54. The molecule has 2 aromatic rings. The van der Waals surface area contributed by atoms with Gasteiger partial charge < -0.3 is 4.90 Å². The minimum atomic E-state index is -0.372. The van der Waals surface area contributed by atoms with Gasteiger partial charge in [0.15, 0.2) is 0 Å². The van der Waals surface area contributed by atoms with Gasteiger partial charge in [0.05, 0.1) is 12.2 Å². The molecule has 0 unspecified atom stereocenters. The molecule has 4 nitrogen and oxygen atoms in total.